The molecule has 17 heteroatoms. The minimum Gasteiger partial charge on any atom is -0.391 e. The molecule has 206 valence electrons. The largest absolute Gasteiger partial charge is 0.391 e. The van der Waals surface area contributed by atoms with E-state index in [1.165, 1.54) is 13.8 Å². The lowest BCUT2D eigenvalue weighted by Crippen LogP contribution is -2.58. The third-order valence-corrected chi connectivity index (χ3v) is 4.36. The van der Waals surface area contributed by atoms with Gasteiger partial charge < -0.3 is 58.2 Å². The zero-order valence-corrected chi connectivity index (χ0v) is 20.0. The Morgan fingerprint density at radius 2 is 1.36 bits per heavy atom. The average molecular weight is 522 g/mol. The Labute approximate surface area is 206 Å². The van der Waals surface area contributed by atoms with Crippen LogP contribution in [0.25, 0.3) is 0 Å². The van der Waals surface area contributed by atoms with E-state index >= 15 is 0 Å². The predicted octanol–water partition coefficient (Wildman–Crippen LogP) is -5.74. The molecule has 0 saturated heterocycles. The van der Waals surface area contributed by atoms with E-state index in [-0.39, 0.29) is 26.4 Å². The highest BCUT2D eigenvalue weighted by molar-refractivity contribution is 5.92. The fourth-order valence-electron chi connectivity index (χ4n) is 2.56. The first-order chi connectivity index (χ1) is 16.8. The number of carbonyl (C=O) groups is 6. The molecule has 7 amide bonds. The minimum atomic E-state index is -1.40. The second-order valence-corrected chi connectivity index (χ2v) is 7.61. The first-order valence-corrected chi connectivity index (χ1v) is 10.8. The topological polar surface area (TPSA) is 288 Å². The summed E-state index contributed by atoms with van der Waals surface area (Å²) in [7, 11) is 0. The van der Waals surface area contributed by atoms with Crippen molar-refractivity contribution >= 4 is 35.6 Å². The van der Waals surface area contributed by atoms with Crippen LogP contribution in [0.1, 0.15) is 20.3 Å². The molecule has 17 nitrogen and oxygen atoms in total. The molecule has 0 rings (SSSR count). The summed E-state index contributed by atoms with van der Waals surface area (Å²) >= 11 is 0. The van der Waals surface area contributed by atoms with Crippen LogP contribution in [0.15, 0.2) is 0 Å². The average Bonchev–Trinajstić information content (AvgIpc) is 2.75. The van der Waals surface area contributed by atoms with Gasteiger partial charge in [-0.15, -0.1) is 0 Å². The van der Waals surface area contributed by atoms with Gasteiger partial charge in [0.1, 0.15) is 24.7 Å². The first kappa shape index (κ1) is 32.5. The van der Waals surface area contributed by atoms with E-state index in [0.717, 1.165) is 0 Å². The number of carbonyl (C=O) groups excluding carboxylic acids is 6. The quantitative estimate of drug-likeness (QED) is 0.0770. The van der Waals surface area contributed by atoms with Crippen LogP contribution in [0.4, 0.5) is 4.79 Å². The summed E-state index contributed by atoms with van der Waals surface area (Å²) in [6, 6.07) is -5.08. The van der Waals surface area contributed by atoms with Crippen molar-refractivity contribution in [1.82, 2.24) is 21.3 Å². The zero-order valence-electron chi connectivity index (χ0n) is 20.0. The van der Waals surface area contributed by atoms with E-state index in [0.29, 0.717) is 0 Å². The number of nitrogens with one attached hydrogen (secondary N) is 4. The van der Waals surface area contributed by atoms with Crippen LogP contribution in [0.2, 0.25) is 0 Å². The molecule has 0 fully saturated rings. The summed E-state index contributed by atoms with van der Waals surface area (Å²) in [4.78, 5) is 69.3. The number of nitrogens with two attached hydrogens (primary N) is 3. The van der Waals surface area contributed by atoms with Crippen molar-refractivity contribution < 1.29 is 48.5 Å². The number of primary amides is 3. The van der Waals surface area contributed by atoms with Crippen molar-refractivity contribution in [1.29, 1.82) is 0 Å². The Hall–Kier alpha value is -3.54. The number of ether oxygens (including phenoxy) is 2. The number of amides is 7. The number of hydrogen-bond acceptors (Lipinski definition) is 10. The summed E-state index contributed by atoms with van der Waals surface area (Å²) in [5.41, 5.74) is 15.1. The predicted molar refractivity (Wildman–Crippen MR) is 121 cm³/mol. The molecule has 0 spiro atoms. The van der Waals surface area contributed by atoms with Gasteiger partial charge in [0.2, 0.25) is 29.5 Å². The highest BCUT2D eigenvalue weighted by Crippen LogP contribution is 1.96. The standard InChI is InChI=1S/C19H35N7O10/c1-9(27)14(17(22)32)25-13(30)8-36-6-5-35-4-3-23-18(33)15(10(2)28)26-19(34)24-11(16(21)31)7-12(20)29/h9-11,14-15,27-28H,3-8H2,1-2H3,(H2,20,29)(H2,21,31)(H2,22,32)(H,23,33)(H,25,30)(H2,24,26,34). The van der Waals surface area contributed by atoms with E-state index in [9.17, 15) is 39.0 Å². The van der Waals surface area contributed by atoms with Gasteiger partial charge in [0.15, 0.2) is 0 Å². The van der Waals surface area contributed by atoms with E-state index < -0.39 is 78.9 Å². The van der Waals surface area contributed by atoms with Crippen LogP contribution in [0.5, 0.6) is 0 Å². The summed E-state index contributed by atoms with van der Waals surface area (Å²) in [5.74, 6) is -4.21. The molecule has 0 radical (unpaired) electrons. The molecule has 0 bridgehead atoms. The molecule has 0 aliphatic rings. The number of urea groups is 1. The fourth-order valence-corrected chi connectivity index (χ4v) is 2.56. The van der Waals surface area contributed by atoms with E-state index in [1.807, 2.05) is 0 Å². The molecular weight excluding hydrogens is 486 g/mol. The summed E-state index contributed by atoms with van der Waals surface area (Å²) < 4.78 is 10.3. The van der Waals surface area contributed by atoms with Gasteiger partial charge >= 0.3 is 6.03 Å². The van der Waals surface area contributed by atoms with Crippen molar-refractivity contribution in [2.75, 3.05) is 33.0 Å². The van der Waals surface area contributed by atoms with Gasteiger partial charge in [-0.05, 0) is 13.8 Å². The fraction of sp³-hybridized carbons (Fsp3) is 0.684. The molecule has 0 aliphatic carbocycles. The number of aliphatic hydroxyl groups excluding tert-OH is 2. The third-order valence-electron chi connectivity index (χ3n) is 4.36. The molecule has 0 aliphatic heterocycles. The molecule has 0 heterocycles. The van der Waals surface area contributed by atoms with Gasteiger partial charge in [-0.25, -0.2) is 4.79 Å². The number of rotatable bonds is 18. The summed E-state index contributed by atoms with van der Waals surface area (Å²) in [6.45, 7) is 2.20. The van der Waals surface area contributed by atoms with Crippen molar-refractivity contribution in [3.63, 3.8) is 0 Å². The number of aliphatic hydroxyl groups is 2. The van der Waals surface area contributed by atoms with Crippen LogP contribution in [-0.2, 0) is 33.4 Å². The Bertz CT molecular complexity index is 778. The lowest BCUT2D eigenvalue weighted by molar-refractivity contribution is -0.132. The molecule has 0 aromatic rings. The van der Waals surface area contributed by atoms with Gasteiger partial charge in [-0.1, -0.05) is 0 Å². The summed E-state index contributed by atoms with van der Waals surface area (Å²) in [6.07, 6.45) is -3.03. The van der Waals surface area contributed by atoms with Gasteiger partial charge in [-0.3, -0.25) is 24.0 Å². The molecule has 36 heavy (non-hydrogen) atoms. The van der Waals surface area contributed by atoms with Crippen LogP contribution >= 0.6 is 0 Å². The second-order valence-electron chi connectivity index (χ2n) is 7.61. The van der Waals surface area contributed by atoms with Crippen LogP contribution in [-0.4, -0.2) is 109 Å². The van der Waals surface area contributed by atoms with E-state index in [2.05, 4.69) is 21.3 Å². The van der Waals surface area contributed by atoms with E-state index in [4.69, 9.17) is 26.7 Å². The van der Waals surface area contributed by atoms with Gasteiger partial charge in [0, 0.05) is 6.54 Å². The highest BCUT2D eigenvalue weighted by Gasteiger charge is 2.28. The molecule has 5 atom stereocenters. The van der Waals surface area contributed by atoms with Gasteiger partial charge in [-0.2, -0.15) is 0 Å². The van der Waals surface area contributed by atoms with Crippen molar-refractivity contribution in [2.24, 2.45) is 17.2 Å². The lowest BCUT2D eigenvalue weighted by Gasteiger charge is -2.22. The Kier molecular flexibility index (Phi) is 15.3. The zero-order chi connectivity index (χ0) is 27.8. The maximum absolute atomic E-state index is 12.3. The molecule has 0 aromatic heterocycles. The lowest BCUT2D eigenvalue weighted by atomic mass is 10.1. The Morgan fingerprint density at radius 1 is 0.778 bits per heavy atom. The molecule has 0 aromatic carbocycles. The third kappa shape index (κ3) is 14.0. The Balaban J connectivity index is 4.28. The van der Waals surface area contributed by atoms with Crippen molar-refractivity contribution in [3.05, 3.63) is 0 Å². The molecular formula is C19H35N7O10. The second kappa shape index (κ2) is 17.0. The summed E-state index contributed by atoms with van der Waals surface area (Å²) in [5, 5.41) is 28.1. The SMILES string of the molecule is CC(O)C(NC(=O)COCCOCCNC(=O)C(NC(=O)NC(CC(N)=O)C(N)=O)C(C)O)C(N)=O. The molecule has 12 N–H and O–H groups in total. The molecule has 0 saturated carbocycles. The van der Waals surface area contributed by atoms with Crippen LogP contribution in [0, 0.1) is 0 Å². The minimum absolute atomic E-state index is 0.00163. The van der Waals surface area contributed by atoms with Gasteiger partial charge in [0.05, 0.1) is 38.4 Å². The highest BCUT2D eigenvalue weighted by atomic mass is 16.5. The smallest absolute Gasteiger partial charge is 0.316 e. The normalized spacial score (nSPS) is 14.9. The first-order valence-electron chi connectivity index (χ1n) is 10.8. The van der Waals surface area contributed by atoms with Crippen LogP contribution < -0.4 is 38.5 Å². The maximum Gasteiger partial charge on any atom is 0.316 e. The maximum atomic E-state index is 12.3. The van der Waals surface area contributed by atoms with Gasteiger partial charge in [0.25, 0.3) is 0 Å². The Morgan fingerprint density at radius 3 is 1.86 bits per heavy atom. The van der Waals surface area contributed by atoms with Crippen molar-refractivity contribution in [3.8, 4) is 0 Å². The van der Waals surface area contributed by atoms with Crippen LogP contribution in [0.3, 0.4) is 0 Å². The monoisotopic (exact) mass is 521 g/mol. The van der Waals surface area contributed by atoms with E-state index in [1.54, 1.807) is 0 Å². The molecule has 5 unspecified atom stereocenters. The number of hydrogen-bond donors (Lipinski definition) is 9. The van der Waals surface area contributed by atoms with Crippen molar-refractivity contribution in [2.45, 2.75) is 50.6 Å².